The van der Waals surface area contributed by atoms with Gasteiger partial charge in [-0.1, -0.05) is 18.9 Å². The van der Waals surface area contributed by atoms with E-state index < -0.39 is 0 Å². The first kappa shape index (κ1) is 13.4. The maximum absolute atomic E-state index is 9.91. The zero-order valence-electron chi connectivity index (χ0n) is 10.2. The van der Waals surface area contributed by atoms with Crippen molar-refractivity contribution in [1.29, 1.82) is 5.26 Å². The fourth-order valence-corrected chi connectivity index (χ4v) is 2.91. The molecule has 1 aliphatic rings. The number of nitrogens with zero attached hydrogens (tertiary/aromatic N) is 1. The molecule has 0 bridgehead atoms. The summed E-state index contributed by atoms with van der Waals surface area (Å²) in [5.41, 5.74) is 1.47. The summed E-state index contributed by atoms with van der Waals surface area (Å²) in [5, 5.41) is 22.3. The van der Waals surface area contributed by atoms with E-state index >= 15 is 0 Å². The van der Waals surface area contributed by atoms with Crippen molar-refractivity contribution in [1.82, 2.24) is 0 Å². The molecule has 0 saturated heterocycles. The van der Waals surface area contributed by atoms with Crippen LogP contribution in [0.4, 0.5) is 5.69 Å². The highest BCUT2D eigenvalue weighted by molar-refractivity contribution is 9.10. The van der Waals surface area contributed by atoms with Gasteiger partial charge < -0.3 is 10.4 Å². The van der Waals surface area contributed by atoms with E-state index in [1.807, 2.05) is 18.2 Å². The average molecular weight is 309 g/mol. The molecular weight excluding hydrogens is 292 g/mol. The Labute approximate surface area is 116 Å². The van der Waals surface area contributed by atoms with E-state index in [1.54, 1.807) is 0 Å². The van der Waals surface area contributed by atoms with Crippen LogP contribution in [-0.4, -0.2) is 17.8 Å². The molecule has 0 radical (unpaired) electrons. The van der Waals surface area contributed by atoms with Crippen LogP contribution in [0.2, 0.25) is 0 Å². The van der Waals surface area contributed by atoms with Crippen LogP contribution < -0.4 is 5.32 Å². The van der Waals surface area contributed by atoms with Crippen LogP contribution in [0.3, 0.4) is 0 Å². The highest BCUT2D eigenvalue weighted by atomic mass is 79.9. The fraction of sp³-hybridized carbons (Fsp3) is 0.500. The Morgan fingerprint density at radius 2 is 2.17 bits per heavy atom. The van der Waals surface area contributed by atoms with Crippen LogP contribution in [-0.2, 0) is 0 Å². The Bertz CT molecular complexity index is 456. The maximum atomic E-state index is 9.91. The number of aliphatic hydroxyl groups is 1. The SMILES string of the molecule is N#Cc1c(Br)cccc1NCC1CCCCC1O. The van der Waals surface area contributed by atoms with Crippen molar-refractivity contribution in [3.05, 3.63) is 28.2 Å². The van der Waals surface area contributed by atoms with Gasteiger partial charge >= 0.3 is 0 Å². The van der Waals surface area contributed by atoms with Gasteiger partial charge in [-0.2, -0.15) is 5.26 Å². The van der Waals surface area contributed by atoms with E-state index in [0.29, 0.717) is 11.5 Å². The lowest BCUT2D eigenvalue weighted by molar-refractivity contribution is 0.0763. The minimum atomic E-state index is -0.205. The zero-order chi connectivity index (χ0) is 13.0. The second-order valence-corrected chi connectivity index (χ2v) is 5.62. The number of anilines is 1. The number of aliphatic hydroxyl groups excluding tert-OH is 1. The number of halogens is 1. The molecule has 0 aliphatic heterocycles. The topological polar surface area (TPSA) is 56.0 Å². The lowest BCUT2D eigenvalue weighted by atomic mass is 9.86. The van der Waals surface area contributed by atoms with Gasteiger partial charge in [-0.25, -0.2) is 0 Å². The number of hydrogen-bond acceptors (Lipinski definition) is 3. The molecule has 3 nitrogen and oxygen atoms in total. The molecule has 1 aromatic carbocycles. The largest absolute Gasteiger partial charge is 0.393 e. The molecule has 0 spiro atoms. The standard InChI is InChI=1S/C14H17BrN2O/c15-12-5-3-6-13(11(12)8-16)17-9-10-4-1-2-7-14(10)18/h3,5-6,10,14,17-18H,1-2,4,7,9H2. The highest BCUT2D eigenvalue weighted by Gasteiger charge is 2.22. The van der Waals surface area contributed by atoms with Crippen molar-refractivity contribution >= 4 is 21.6 Å². The van der Waals surface area contributed by atoms with E-state index in [-0.39, 0.29) is 6.10 Å². The normalized spacial score (nSPS) is 23.4. The van der Waals surface area contributed by atoms with Crippen molar-refractivity contribution in [3.63, 3.8) is 0 Å². The third-order valence-corrected chi connectivity index (χ3v) is 4.21. The van der Waals surface area contributed by atoms with Gasteiger partial charge in [0.1, 0.15) is 6.07 Å². The molecule has 96 valence electrons. The third kappa shape index (κ3) is 3.04. The summed E-state index contributed by atoms with van der Waals surface area (Å²) in [6.07, 6.45) is 4.06. The predicted molar refractivity (Wildman–Crippen MR) is 75.3 cm³/mol. The van der Waals surface area contributed by atoms with Gasteiger partial charge in [0.05, 0.1) is 17.4 Å². The van der Waals surface area contributed by atoms with Crippen molar-refractivity contribution < 1.29 is 5.11 Å². The first-order valence-corrected chi connectivity index (χ1v) is 7.12. The van der Waals surface area contributed by atoms with E-state index in [1.165, 1.54) is 6.42 Å². The van der Waals surface area contributed by atoms with E-state index in [9.17, 15) is 5.11 Å². The molecular formula is C14H17BrN2O. The van der Waals surface area contributed by atoms with Gasteiger partial charge in [-0.05, 0) is 40.9 Å². The Morgan fingerprint density at radius 3 is 2.89 bits per heavy atom. The minimum absolute atomic E-state index is 0.205. The number of rotatable bonds is 3. The van der Waals surface area contributed by atoms with Gasteiger partial charge in [0.2, 0.25) is 0 Å². The predicted octanol–water partition coefficient (Wildman–Crippen LogP) is 3.28. The number of hydrogen-bond donors (Lipinski definition) is 2. The summed E-state index contributed by atoms with van der Waals surface area (Å²) in [4.78, 5) is 0. The number of nitrogens with one attached hydrogen (secondary N) is 1. The summed E-state index contributed by atoms with van der Waals surface area (Å²) in [7, 11) is 0. The first-order valence-electron chi connectivity index (χ1n) is 6.33. The molecule has 18 heavy (non-hydrogen) atoms. The maximum Gasteiger partial charge on any atom is 0.103 e. The number of nitriles is 1. The van der Waals surface area contributed by atoms with Crippen LogP contribution in [0.1, 0.15) is 31.2 Å². The van der Waals surface area contributed by atoms with Crippen molar-refractivity contribution in [2.24, 2.45) is 5.92 Å². The average Bonchev–Trinajstić information content (AvgIpc) is 2.38. The first-order chi connectivity index (χ1) is 8.72. The van der Waals surface area contributed by atoms with Gasteiger partial charge in [-0.15, -0.1) is 0 Å². The Morgan fingerprint density at radius 1 is 1.39 bits per heavy atom. The minimum Gasteiger partial charge on any atom is -0.393 e. The molecule has 2 rings (SSSR count). The molecule has 0 amide bonds. The summed E-state index contributed by atoms with van der Waals surface area (Å²) in [6, 6.07) is 7.86. The Hall–Kier alpha value is -1.05. The smallest absolute Gasteiger partial charge is 0.103 e. The monoisotopic (exact) mass is 308 g/mol. The zero-order valence-corrected chi connectivity index (χ0v) is 11.8. The highest BCUT2D eigenvalue weighted by Crippen LogP contribution is 2.27. The Balaban J connectivity index is 2.02. The van der Waals surface area contributed by atoms with Crippen LogP contribution in [0.15, 0.2) is 22.7 Å². The summed E-state index contributed by atoms with van der Waals surface area (Å²) in [5.74, 6) is 0.296. The van der Waals surface area contributed by atoms with Gasteiger partial charge in [0.15, 0.2) is 0 Å². The van der Waals surface area contributed by atoms with Crippen LogP contribution in [0.5, 0.6) is 0 Å². The quantitative estimate of drug-likeness (QED) is 0.901. The van der Waals surface area contributed by atoms with E-state index in [0.717, 1.165) is 36.0 Å². The molecule has 0 heterocycles. The van der Waals surface area contributed by atoms with Gasteiger partial charge in [0, 0.05) is 16.9 Å². The van der Waals surface area contributed by atoms with E-state index in [2.05, 4.69) is 27.3 Å². The Kier molecular flexibility index (Phi) is 4.62. The molecule has 4 heteroatoms. The van der Waals surface area contributed by atoms with Crippen molar-refractivity contribution in [2.45, 2.75) is 31.8 Å². The van der Waals surface area contributed by atoms with Crippen LogP contribution >= 0.6 is 15.9 Å². The van der Waals surface area contributed by atoms with Gasteiger partial charge in [0.25, 0.3) is 0 Å². The van der Waals surface area contributed by atoms with Gasteiger partial charge in [-0.3, -0.25) is 0 Å². The molecule has 1 aliphatic carbocycles. The van der Waals surface area contributed by atoms with Crippen LogP contribution in [0, 0.1) is 17.2 Å². The molecule has 2 N–H and O–H groups in total. The fourth-order valence-electron chi connectivity index (χ4n) is 2.45. The lowest BCUT2D eigenvalue weighted by Crippen LogP contribution is -2.30. The molecule has 0 aromatic heterocycles. The van der Waals surface area contributed by atoms with Crippen LogP contribution in [0.25, 0.3) is 0 Å². The van der Waals surface area contributed by atoms with Crippen molar-refractivity contribution in [3.8, 4) is 6.07 Å². The van der Waals surface area contributed by atoms with E-state index in [4.69, 9.17) is 5.26 Å². The molecule has 2 unspecified atom stereocenters. The molecule has 1 fully saturated rings. The summed E-state index contributed by atoms with van der Waals surface area (Å²) >= 11 is 3.37. The second-order valence-electron chi connectivity index (χ2n) is 4.77. The second kappa shape index (κ2) is 6.21. The third-order valence-electron chi connectivity index (χ3n) is 3.55. The van der Waals surface area contributed by atoms with Crippen molar-refractivity contribution in [2.75, 3.05) is 11.9 Å². The summed E-state index contributed by atoms with van der Waals surface area (Å²) < 4.78 is 0.805. The number of benzene rings is 1. The lowest BCUT2D eigenvalue weighted by Gasteiger charge is -2.28. The molecule has 2 atom stereocenters. The molecule has 1 aromatic rings. The molecule has 1 saturated carbocycles. The summed E-state index contributed by atoms with van der Waals surface area (Å²) in [6.45, 7) is 0.728.